The lowest BCUT2D eigenvalue weighted by atomic mass is 9.88. The molecule has 1 fully saturated rings. The fourth-order valence-electron chi connectivity index (χ4n) is 3.54. The molecule has 3 N–H and O–H groups in total. The van der Waals surface area contributed by atoms with E-state index in [0.29, 0.717) is 12.3 Å². The van der Waals surface area contributed by atoms with Gasteiger partial charge < -0.3 is 15.3 Å². The molecule has 0 spiro atoms. The van der Waals surface area contributed by atoms with Gasteiger partial charge in [0.05, 0.1) is 11.7 Å². The summed E-state index contributed by atoms with van der Waals surface area (Å²) < 4.78 is 0. The summed E-state index contributed by atoms with van der Waals surface area (Å²) in [6.07, 6.45) is 16.1. The van der Waals surface area contributed by atoms with Crippen LogP contribution in [0.3, 0.4) is 0 Å². The number of aliphatic hydroxyl groups is 2. The fourth-order valence-corrected chi connectivity index (χ4v) is 3.54. The maximum Gasteiger partial charge on any atom is 0.303 e. The molecule has 0 aromatic carbocycles. The van der Waals surface area contributed by atoms with Gasteiger partial charge in [-0.2, -0.15) is 0 Å². The van der Waals surface area contributed by atoms with Crippen LogP contribution in [0.15, 0.2) is 24.3 Å². The third kappa shape index (κ3) is 9.22. The van der Waals surface area contributed by atoms with Crippen molar-refractivity contribution >= 4 is 5.97 Å². The van der Waals surface area contributed by atoms with Gasteiger partial charge in [-0.25, -0.2) is 0 Å². The normalized spacial score (nSPS) is 26.5. The first-order chi connectivity index (χ1) is 11.9. The minimum absolute atomic E-state index is 0.193. The molecule has 1 saturated carbocycles. The van der Waals surface area contributed by atoms with E-state index in [1.165, 1.54) is 0 Å². The highest BCUT2D eigenvalue weighted by Crippen LogP contribution is 2.36. The summed E-state index contributed by atoms with van der Waals surface area (Å²) in [5.41, 5.74) is -0.764. The SMILES string of the molecule is CCCCCC(C)(O)C=CC1CC[C@@H](O)[C@@H]1CC=CCCCC(=O)O. The summed E-state index contributed by atoms with van der Waals surface area (Å²) in [6, 6.07) is 0. The number of unbranched alkanes of at least 4 members (excludes halogenated alkanes) is 3. The second-order valence-electron chi connectivity index (χ2n) is 7.64. The monoisotopic (exact) mass is 352 g/mol. The van der Waals surface area contributed by atoms with Gasteiger partial charge in [0, 0.05) is 6.42 Å². The van der Waals surface area contributed by atoms with Gasteiger partial charge >= 0.3 is 5.97 Å². The topological polar surface area (TPSA) is 77.8 Å². The van der Waals surface area contributed by atoms with Crippen molar-refractivity contribution in [3.63, 3.8) is 0 Å². The molecule has 4 atom stereocenters. The number of rotatable bonds is 12. The van der Waals surface area contributed by atoms with Crippen LogP contribution in [0, 0.1) is 11.8 Å². The molecule has 0 aromatic rings. The van der Waals surface area contributed by atoms with Crippen molar-refractivity contribution in [3.05, 3.63) is 24.3 Å². The third-order valence-corrected chi connectivity index (χ3v) is 5.17. The Balaban J connectivity index is 2.45. The van der Waals surface area contributed by atoms with Crippen LogP contribution in [0.1, 0.15) is 78.1 Å². The van der Waals surface area contributed by atoms with Gasteiger partial charge in [-0.3, -0.25) is 4.79 Å². The average Bonchev–Trinajstić information content (AvgIpc) is 2.89. The highest BCUT2D eigenvalue weighted by molar-refractivity contribution is 5.66. The molecule has 1 rings (SSSR count). The van der Waals surface area contributed by atoms with Crippen LogP contribution in [0.2, 0.25) is 0 Å². The van der Waals surface area contributed by atoms with E-state index in [4.69, 9.17) is 5.11 Å². The summed E-state index contributed by atoms with van der Waals surface area (Å²) in [6.45, 7) is 4.02. The molecule has 0 amide bonds. The standard InChI is InChI=1S/C21H36O4/c1-3-4-9-15-21(2,25)16-14-17-12-13-19(22)18(17)10-7-5-6-8-11-20(23)24/h5,7,14,16-19,22,25H,3-4,6,8-13,15H2,1-2H3,(H,23,24)/t17?,18-,19-,21?/m1/s1. The molecule has 0 radical (unpaired) electrons. The zero-order chi connectivity index (χ0) is 18.7. The molecular formula is C21H36O4. The Bertz CT molecular complexity index is 439. The quantitative estimate of drug-likeness (QED) is 0.358. The lowest BCUT2D eigenvalue weighted by Crippen LogP contribution is -2.22. The number of aliphatic carboxylic acids is 1. The van der Waals surface area contributed by atoms with Crippen LogP contribution >= 0.6 is 0 Å². The Morgan fingerprint density at radius 3 is 2.64 bits per heavy atom. The predicted octanol–water partition coefficient (Wildman–Crippen LogP) is 4.46. The Labute approximate surface area is 152 Å². The average molecular weight is 353 g/mol. The highest BCUT2D eigenvalue weighted by Gasteiger charge is 2.32. The van der Waals surface area contributed by atoms with E-state index < -0.39 is 11.6 Å². The van der Waals surface area contributed by atoms with Crippen molar-refractivity contribution in [1.29, 1.82) is 0 Å². The molecule has 1 aliphatic rings. The molecule has 0 aromatic heterocycles. The lowest BCUT2D eigenvalue weighted by Gasteiger charge is -2.22. The summed E-state index contributed by atoms with van der Waals surface area (Å²) in [4.78, 5) is 10.5. The van der Waals surface area contributed by atoms with Crippen LogP contribution in [-0.2, 0) is 4.79 Å². The molecule has 4 heteroatoms. The zero-order valence-electron chi connectivity index (χ0n) is 15.9. The first-order valence-electron chi connectivity index (χ1n) is 9.82. The molecule has 144 valence electrons. The minimum atomic E-state index is -0.764. The molecule has 25 heavy (non-hydrogen) atoms. The highest BCUT2D eigenvalue weighted by atomic mass is 16.4. The Morgan fingerprint density at radius 1 is 1.20 bits per heavy atom. The number of carbonyl (C=O) groups is 1. The Hall–Kier alpha value is -1.13. The van der Waals surface area contributed by atoms with Crippen LogP contribution in [0.5, 0.6) is 0 Å². The van der Waals surface area contributed by atoms with Gasteiger partial charge in [0.25, 0.3) is 0 Å². The van der Waals surface area contributed by atoms with Crippen molar-refractivity contribution in [2.24, 2.45) is 11.8 Å². The zero-order valence-corrected chi connectivity index (χ0v) is 15.9. The smallest absolute Gasteiger partial charge is 0.303 e. The maximum absolute atomic E-state index is 10.5. The third-order valence-electron chi connectivity index (χ3n) is 5.17. The van der Waals surface area contributed by atoms with E-state index in [1.54, 1.807) is 0 Å². The maximum atomic E-state index is 10.5. The van der Waals surface area contributed by atoms with Gasteiger partial charge in [0.15, 0.2) is 0 Å². The van der Waals surface area contributed by atoms with E-state index >= 15 is 0 Å². The van der Waals surface area contributed by atoms with E-state index in [2.05, 4.69) is 19.1 Å². The van der Waals surface area contributed by atoms with Gasteiger partial charge in [-0.1, -0.05) is 50.5 Å². The van der Waals surface area contributed by atoms with Gasteiger partial charge in [0.2, 0.25) is 0 Å². The predicted molar refractivity (Wildman–Crippen MR) is 101 cm³/mol. The Kier molecular flexibility index (Phi) is 10.1. The molecule has 2 unspecified atom stereocenters. The second kappa shape index (κ2) is 11.5. The van der Waals surface area contributed by atoms with E-state index in [0.717, 1.165) is 51.4 Å². The van der Waals surface area contributed by atoms with Crippen molar-refractivity contribution in [2.45, 2.75) is 89.8 Å². The summed E-state index contributed by atoms with van der Waals surface area (Å²) in [5, 5.41) is 29.3. The van der Waals surface area contributed by atoms with Crippen LogP contribution in [-0.4, -0.2) is 33.0 Å². The number of hydrogen-bond donors (Lipinski definition) is 3. The molecule has 4 nitrogen and oxygen atoms in total. The number of hydrogen-bond acceptors (Lipinski definition) is 3. The Morgan fingerprint density at radius 2 is 1.96 bits per heavy atom. The molecule has 0 heterocycles. The molecule has 0 aliphatic heterocycles. The van der Waals surface area contributed by atoms with Gasteiger partial charge in [0.1, 0.15) is 0 Å². The first kappa shape index (κ1) is 21.9. The summed E-state index contributed by atoms with van der Waals surface area (Å²) in [5.74, 6) is -0.259. The number of aliphatic hydroxyl groups excluding tert-OH is 1. The van der Waals surface area contributed by atoms with E-state index in [1.807, 2.05) is 19.1 Å². The largest absolute Gasteiger partial charge is 0.481 e. The molecular weight excluding hydrogens is 316 g/mol. The number of allylic oxidation sites excluding steroid dienone is 3. The minimum Gasteiger partial charge on any atom is -0.481 e. The molecule has 0 bridgehead atoms. The number of carboxylic acid groups (broad SMARTS) is 1. The fraction of sp³-hybridized carbons (Fsp3) is 0.762. The van der Waals surface area contributed by atoms with Crippen molar-refractivity contribution in [1.82, 2.24) is 0 Å². The first-order valence-corrected chi connectivity index (χ1v) is 9.82. The molecule has 0 saturated heterocycles. The second-order valence-corrected chi connectivity index (χ2v) is 7.64. The number of carboxylic acids is 1. The van der Waals surface area contributed by atoms with Crippen LogP contribution < -0.4 is 0 Å². The van der Waals surface area contributed by atoms with E-state index in [-0.39, 0.29) is 18.4 Å². The molecule has 1 aliphatic carbocycles. The summed E-state index contributed by atoms with van der Waals surface area (Å²) in [7, 11) is 0. The summed E-state index contributed by atoms with van der Waals surface area (Å²) >= 11 is 0. The van der Waals surface area contributed by atoms with Crippen molar-refractivity contribution < 1.29 is 20.1 Å². The van der Waals surface area contributed by atoms with Crippen molar-refractivity contribution in [2.75, 3.05) is 0 Å². The lowest BCUT2D eigenvalue weighted by molar-refractivity contribution is -0.137. The van der Waals surface area contributed by atoms with Gasteiger partial charge in [-0.05, 0) is 57.3 Å². The van der Waals surface area contributed by atoms with Gasteiger partial charge in [-0.15, -0.1) is 0 Å². The van der Waals surface area contributed by atoms with E-state index in [9.17, 15) is 15.0 Å². The van der Waals surface area contributed by atoms with Crippen LogP contribution in [0.4, 0.5) is 0 Å². The van der Waals surface area contributed by atoms with Crippen molar-refractivity contribution in [3.8, 4) is 0 Å². The van der Waals surface area contributed by atoms with Crippen LogP contribution in [0.25, 0.3) is 0 Å².